The lowest BCUT2D eigenvalue weighted by Gasteiger charge is -2.06. The molecule has 2 aromatic rings. The molecule has 0 saturated heterocycles. The molecule has 17 heavy (non-hydrogen) atoms. The predicted molar refractivity (Wildman–Crippen MR) is 62.9 cm³/mol. The molecule has 5 nitrogen and oxygen atoms in total. The van der Waals surface area contributed by atoms with Crippen LogP contribution in [0.1, 0.15) is 5.56 Å². The Bertz CT molecular complexity index is 494. The number of aromatic nitrogens is 2. The van der Waals surface area contributed by atoms with E-state index in [9.17, 15) is 4.79 Å². The van der Waals surface area contributed by atoms with Gasteiger partial charge in [-0.2, -0.15) is 9.78 Å². The Morgan fingerprint density at radius 3 is 3.06 bits per heavy atom. The molecule has 1 aromatic heterocycles. The maximum atomic E-state index is 11.6. The molecule has 88 valence electrons. The second kappa shape index (κ2) is 5.16. The van der Waals surface area contributed by atoms with Gasteiger partial charge in [0.05, 0.1) is 7.11 Å². The lowest BCUT2D eigenvalue weighted by Crippen LogP contribution is -2.28. The molecule has 2 rings (SSSR count). The van der Waals surface area contributed by atoms with Crippen molar-refractivity contribution in [2.75, 3.05) is 7.11 Å². The van der Waals surface area contributed by atoms with Gasteiger partial charge in [0.2, 0.25) is 0 Å². The van der Waals surface area contributed by atoms with Gasteiger partial charge in [0.25, 0.3) is 0 Å². The number of hydrogen-bond donors (Lipinski definition) is 1. The minimum absolute atomic E-state index is 0.252. The molecule has 1 aromatic carbocycles. The Kier molecular flexibility index (Phi) is 3.40. The number of ether oxygens (including phenoxy) is 1. The van der Waals surface area contributed by atoms with Crippen LogP contribution in [0.3, 0.4) is 0 Å². The minimum atomic E-state index is -0.252. The van der Waals surface area contributed by atoms with Crippen LogP contribution in [0, 0.1) is 0 Å². The van der Waals surface area contributed by atoms with E-state index < -0.39 is 0 Å². The first-order valence-electron chi connectivity index (χ1n) is 5.20. The smallest absolute Gasteiger partial charge is 0.342 e. The zero-order chi connectivity index (χ0) is 12.1. The fourth-order valence-electron chi connectivity index (χ4n) is 1.43. The first-order valence-corrected chi connectivity index (χ1v) is 5.20. The Morgan fingerprint density at radius 2 is 2.35 bits per heavy atom. The Labute approximate surface area is 99.0 Å². The summed E-state index contributed by atoms with van der Waals surface area (Å²) in [6.45, 7) is 0.440. The summed E-state index contributed by atoms with van der Waals surface area (Å²) in [5, 5.41) is 6.60. The van der Waals surface area contributed by atoms with Gasteiger partial charge >= 0.3 is 6.03 Å². The van der Waals surface area contributed by atoms with Gasteiger partial charge in [0.1, 0.15) is 5.75 Å². The van der Waals surface area contributed by atoms with E-state index in [4.69, 9.17) is 4.74 Å². The quantitative estimate of drug-likeness (QED) is 0.873. The van der Waals surface area contributed by atoms with E-state index in [0.29, 0.717) is 6.54 Å². The van der Waals surface area contributed by atoms with E-state index in [1.165, 1.54) is 4.68 Å². The predicted octanol–water partition coefficient (Wildman–Crippen LogP) is 1.65. The number of carbonyl (C=O) groups excluding carboxylic acids is 1. The fraction of sp³-hybridized carbons (Fsp3) is 0.167. The van der Waals surface area contributed by atoms with Gasteiger partial charge in [-0.05, 0) is 23.8 Å². The molecular weight excluding hydrogens is 218 g/mol. The summed E-state index contributed by atoms with van der Waals surface area (Å²) < 4.78 is 6.35. The molecule has 0 spiro atoms. The molecule has 1 heterocycles. The number of methoxy groups -OCH3 is 1. The standard InChI is InChI=1S/C12H13N3O2/c1-17-11-5-2-4-10(8-11)9-13-12(16)15-7-3-6-14-15/h2-8H,9H2,1H3,(H,13,16). The highest BCUT2D eigenvalue weighted by atomic mass is 16.5. The number of benzene rings is 1. The van der Waals surface area contributed by atoms with Gasteiger partial charge in [-0.3, -0.25) is 0 Å². The van der Waals surface area contributed by atoms with Gasteiger partial charge in [0, 0.05) is 18.9 Å². The molecule has 0 unspecified atom stereocenters. The van der Waals surface area contributed by atoms with Crippen molar-refractivity contribution in [1.29, 1.82) is 0 Å². The SMILES string of the molecule is COc1cccc(CNC(=O)n2cccn2)c1. The number of hydrogen-bond acceptors (Lipinski definition) is 3. The average molecular weight is 231 g/mol. The summed E-state index contributed by atoms with van der Waals surface area (Å²) in [5.74, 6) is 0.774. The second-order valence-corrected chi connectivity index (χ2v) is 3.46. The van der Waals surface area contributed by atoms with Gasteiger partial charge in [-0.25, -0.2) is 4.79 Å². The number of nitrogens with one attached hydrogen (secondary N) is 1. The zero-order valence-electron chi connectivity index (χ0n) is 9.46. The summed E-state index contributed by atoms with van der Waals surface area (Å²) in [4.78, 5) is 11.6. The molecule has 0 radical (unpaired) electrons. The molecular formula is C12H13N3O2. The van der Waals surface area contributed by atoms with E-state index >= 15 is 0 Å². The van der Waals surface area contributed by atoms with Crippen LogP contribution in [0.5, 0.6) is 5.75 Å². The summed E-state index contributed by atoms with van der Waals surface area (Å²) in [7, 11) is 1.61. The molecule has 0 aliphatic heterocycles. The van der Waals surface area contributed by atoms with Crippen LogP contribution in [-0.2, 0) is 6.54 Å². The van der Waals surface area contributed by atoms with E-state index in [1.54, 1.807) is 25.6 Å². The van der Waals surface area contributed by atoms with Crippen molar-refractivity contribution in [1.82, 2.24) is 15.1 Å². The van der Waals surface area contributed by atoms with Crippen molar-refractivity contribution < 1.29 is 9.53 Å². The molecule has 0 atom stereocenters. The average Bonchev–Trinajstić information content (AvgIpc) is 2.90. The van der Waals surface area contributed by atoms with Crippen molar-refractivity contribution in [3.63, 3.8) is 0 Å². The second-order valence-electron chi connectivity index (χ2n) is 3.46. The fourth-order valence-corrected chi connectivity index (χ4v) is 1.43. The monoisotopic (exact) mass is 231 g/mol. The first kappa shape index (κ1) is 11.2. The lowest BCUT2D eigenvalue weighted by molar-refractivity contribution is 0.239. The molecule has 0 aliphatic rings. The normalized spacial score (nSPS) is 9.94. The van der Waals surface area contributed by atoms with Crippen molar-refractivity contribution in [3.05, 3.63) is 48.3 Å². The lowest BCUT2D eigenvalue weighted by atomic mass is 10.2. The maximum Gasteiger partial charge on any atom is 0.342 e. The largest absolute Gasteiger partial charge is 0.497 e. The third-order valence-electron chi connectivity index (χ3n) is 2.29. The third kappa shape index (κ3) is 2.84. The van der Waals surface area contributed by atoms with Crippen molar-refractivity contribution in [2.45, 2.75) is 6.54 Å². The van der Waals surface area contributed by atoms with Crippen LogP contribution in [0.15, 0.2) is 42.7 Å². The number of amides is 1. The third-order valence-corrected chi connectivity index (χ3v) is 2.29. The molecule has 0 bridgehead atoms. The summed E-state index contributed by atoms with van der Waals surface area (Å²) in [6.07, 6.45) is 3.16. The Balaban J connectivity index is 1.95. The number of nitrogens with zero attached hydrogens (tertiary/aromatic N) is 2. The first-order chi connectivity index (χ1) is 8.29. The minimum Gasteiger partial charge on any atom is -0.497 e. The van der Waals surface area contributed by atoms with Crippen LogP contribution >= 0.6 is 0 Å². The van der Waals surface area contributed by atoms with Crippen molar-refractivity contribution in [2.24, 2.45) is 0 Å². The van der Waals surface area contributed by atoms with Gasteiger partial charge in [-0.15, -0.1) is 0 Å². The number of rotatable bonds is 3. The van der Waals surface area contributed by atoms with Crippen molar-refractivity contribution in [3.8, 4) is 5.75 Å². The highest BCUT2D eigenvalue weighted by Gasteiger charge is 2.03. The van der Waals surface area contributed by atoms with Crippen LogP contribution in [0.25, 0.3) is 0 Å². The molecule has 0 fully saturated rings. The van der Waals surface area contributed by atoms with Crippen LogP contribution in [0.4, 0.5) is 4.79 Å². The molecule has 1 N–H and O–H groups in total. The Hall–Kier alpha value is -2.30. The van der Waals surface area contributed by atoms with Crippen molar-refractivity contribution >= 4 is 6.03 Å². The van der Waals surface area contributed by atoms with Crippen LogP contribution < -0.4 is 10.1 Å². The highest BCUT2D eigenvalue weighted by Crippen LogP contribution is 2.12. The summed E-state index contributed by atoms with van der Waals surface area (Å²) >= 11 is 0. The molecule has 1 amide bonds. The van der Waals surface area contributed by atoms with Gasteiger partial charge < -0.3 is 10.1 Å². The van der Waals surface area contributed by atoms with E-state index in [0.717, 1.165) is 11.3 Å². The van der Waals surface area contributed by atoms with E-state index in [1.807, 2.05) is 24.3 Å². The summed E-state index contributed by atoms with van der Waals surface area (Å²) in [6, 6.07) is 8.99. The summed E-state index contributed by atoms with van der Waals surface area (Å²) in [5.41, 5.74) is 0.977. The Morgan fingerprint density at radius 1 is 1.47 bits per heavy atom. The van der Waals surface area contributed by atoms with Gasteiger partial charge in [-0.1, -0.05) is 12.1 Å². The molecule has 0 saturated carbocycles. The number of carbonyl (C=O) groups is 1. The highest BCUT2D eigenvalue weighted by molar-refractivity contribution is 5.75. The zero-order valence-corrected chi connectivity index (χ0v) is 9.46. The molecule has 5 heteroatoms. The van der Waals surface area contributed by atoms with E-state index in [-0.39, 0.29) is 6.03 Å². The van der Waals surface area contributed by atoms with Gasteiger partial charge in [0.15, 0.2) is 0 Å². The maximum absolute atomic E-state index is 11.6. The van der Waals surface area contributed by atoms with Crippen LogP contribution in [-0.4, -0.2) is 22.9 Å². The molecule has 0 aliphatic carbocycles. The van der Waals surface area contributed by atoms with Crippen LogP contribution in [0.2, 0.25) is 0 Å². The van der Waals surface area contributed by atoms with E-state index in [2.05, 4.69) is 10.4 Å². The topological polar surface area (TPSA) is 56.1 Å².